The van der Waals surface area contributed by atoms with E-state index in [0.29, 0.717) is 17.2 Å². The predicted molar refractivity (Wildman–Crippen MR) is 80.3 cm³/mol. The number of thioether (sulfide) groups is 2. The summed E-state index contributed by atoms with van der Waals surface area (Å²) in [6, 6.07) is -1.84. The van der Waals surface area contributed by atoms with E-state index in [1.165, 1.54) is 30.6 Å². The lowest BCUT2D eigenvalue weighted by atomic mass is 10.4. The Morgan fingerprint density at radius 3 is 1.80 bits per heavy atom. The number of nitrogens with two attached hydrogens (primary N) is 2. The number of hydrogen-bond donors (Lipinski definition) is 4. The molecule has 0 amide bonds. The Hall–Kier alpha value is -0.970. The van der Waals surface area contributed by atoms with Crippen molar-refractivity contribution < 1.29 is 24.6 Å². The number of rotatable bonds is 11. The van der Waals surface area contributed by atoms with Crippen molar-refractivity contribution in [1.82, 2.24) is 0 Å². The van der Waals surface area contributed by atoms with Crippen molar-refractivity contribution in [3.05, 3.63) is 0 Å². The molecule has 0 spiro atoms. The van der Waals surface area contributed by atoms with Crippen LogP contribution < -0.4 is 11.5 Å². The molecule has 0 aromatic heterocycles. The summed E-state index contributed by atoms with van der Waals surface area (Å²) in [4.78, 5) is 25.8. The van der Waals surface area contributed by atoms with Crippen molar-refractivity contribution in [2.45, 2.75) is 12.1 Å². The third-order valence-corrected chi connectivity index (χ3v) is 4.25. The van der Waals surface area contributed by atoms with Crippen LogP contribution in [-0.4, -0.2) is 70.1 Å². The molecule has 10 heteroatoms. The monoisotopic (exact) mass is 325 g/mol. The highest BCUT2D eigenvalue weighted by Crippen LogP contribution is 2.09. The van der Waals surface area contributed by atoms with Gasteiger partial charge in [0.25, 0.3) is 0 Å². The summed E-state index contributed by atoms with van der Waals surface area (Å²) in [6.45, 7) is 0. The fourth-order valence-corrected chi connectivity index (χ4v) is 2.91. The molecule has 0 saturated carbocycles. The number of carbonyl (C=O) groups is 2. The molecule has 0 aromatic rings. The van der Waals surface area contributed by atoms with Gasteiger partial charge in [-0.2, -0.15) is 23.5 Å². The summed E-state index contributed by atoms with van der Waals surface area (Å²) in [7, 11) is 1.40. The molecule has 2 atom stereocenters. The van der Waals surface area contributed by atoms with Crippen molar-refractivity contribution in [3.63, 3.8) is 0 Å². The molecule has 6 N–H and O–H groups in total. The van der Waals surface area contributed by atoms with Crippen molar-refractivity contribution >= 4 is 41.2 Å². The van der Waals surface area contributed by atoms with Gasteiger partial charge in [0.1, 0.15) is 19.2 Å². The third-order valence-electron chi connectivity index (χ3n) is 1.99. The first-order chi connectivity index (χ1) is 9.38. The Bertz CT molecular complexity index is 326. The average molecular weight is 325 g/mol. The van der Waals surface area contributed by atoms with Crippen LogP contribution in [-0.2, 0) is 14.4 Å². The van der Waals surface area contributed by atoms with Crippen molar-refractivity contribution in [2.75, 3.05) is 30.1 Å². The van der Waals surface area contributed by atoms with E-state index in [2.05, 4.69) is 9.99 Å². The van der Waals surface area contributed by atoms with Gasteiger partial charge in [0.2, 0.25) is 0 Å². The summed E-state index contributed by atoms with van der Waals surface area (Å²) < 4.78 is 0. The Kier molecular flexibility index (Phi) is 10.3. The normalized spacial score (nSPS) is 13.3. The second-order valence-electron chi connectivity index (χ2n) is 3.76. The molecular formula is C10H19N3O5S2. The molecule has 2 unspecified atom stereocenters. The lowest BCUT2D eigenvalue weighted by molar-refractivity contribution is -0.138. The largest absolute Gasteiger partial charge is 0.480 e. The van der Waals surface area contributed by atoms with Crippen LogP contribution in [0.15, 0.2) is 5.16 Å². The molecule has 0 heterocycles. The molecule has 116 valence electrons. The van der Waals surface area contributed by atoms with E-state index in [1.54, 1.807) is 0 Å². The molecule has 0 bridgehead atoms. The van der Waals surface area contributed by atoms with Gasteiger partial charge in [-0.25, -0.2) is 0 Å². The van der Waals surface area contributed by atoms with E-state index in [9.17, 15) is 9.59 Å². The molecule has 20 heavy (non-hydrogen) atoms. The molecule has 0 saturated heterocycles. The van der Waals surface area contributed by atoms with E-state index < -0.39 is 24.0 Å². The summed E-state index contributed by atoms with van der Waals surface area (Å²) in [5, 5.41) is 21.1. The Morgan fingerprint density at radius 2 is 1.50 bits per heavy atom. The van der Waals surface area contributed by atoms with E-state index in [4.69, 9.17) is 21.7 Å². The van der Waals surface area contributed by atoms with Gasteiger partial charge in [-0.1, -0.05) is 5.16 Å². The summed E-state index contributed by atoms with van der Waals surface area (Å²) in [5.41, 5.74) is 11.4. The fourth-order valence-electron chi connectivity index (χ4n) is 0.973. The second kappa shape index (κ2) is 10.8. The predicted octanol–water partition coefficient (Wildman–Crippen LogP) is -0.721. The minimum atomic E-state index is -1.05. The molecule has 0 aromatic carbocycles. The van der Waals surface area contributed by atoms with Gasteiger partial charge in [0.15, 0.2) is 0 Å². The van der Waals surface area contributed by atoms with E-state index in [1.807, 2.05) is 0 Å². The summed E-state index contributed by atoms with van der Waals surface area (Å²) in [6.07, 6.45) is 0. The van der Waals surface area contributed by atoms with E-state index in [0.717, 1.165) is 0 Å². The van der Waals surface area contributed by atoms with E-state index >= 15 is 0 Å². The first-order valence-electron chi connectivity index (χ1n) is 5.59. The van der Waals surface area contributed by atoms with E-state index in [-0.39, 0.29) is 11.5 Å². The molecule has 0 radical (unpaired) electrons. The maximum absolute atomic E-state index is 10.5. The highest BCUT2D eigenvalue weighted by Gasteiger charge is 2.14. The van der Waals surface area contributed by atoms with Gasteiger partial charge in [-0.05, 0) is 0 Å². The first kappa shape index (κ1) is 19.0. The molecule has 0 aliphatic rings. The minimum Gasteiger partial charge on any atom is -0.480 e. The fraction of sp³-hybridized carbons (Fsp3) is 0.700. The summed E-state index contributed by atoms with van der Waals surface area (Å²) >= 11 is 2.65. The van der Waals surface area contributed by atoms with Crippen LogP contribution in [0.1, 0.15) is 0 Å². The maximum atomic E-state index is 10.5. The molecule has 0 aliphatic carbocycles. The highest BCUT2D eigenvalue weighted by molar-refractivity contribution is 8.01. The van der Waals surface area contributed by atoms with Crippen LogP contribution in [0.2, 0.25) is 0 Å². The lowest BCUT2D eigenvalue weighted by Gasteiger charge is -2.09. The Balaban J connectivity index is 4.03. The number of nitrogens with zero attached hydrogens (tertiary/aromatic N) is 1. The minimum absolute atomic E-state index is 0.261. The molecule has 0 aliphatic heterocycles. The highest BCUT2D eigenvalue weighted by atomic mass is 32.2. The lowest BCUT2D eigenvalue weighted by Crippen LogP contribution is -2.33. The van der Waals surface area contributed by atoms with Crippen LogP contribution in [0.5, 0.6) is 0 Å². The quantitative estimate of drug-likeness (QED) is 0.285. The van der Waals surface area contributed by atoms with Gasteiger partial charge < -0.3 is 26.5 Å². The van der Waals surface area contributed by atoms with Crippen LogP contribution in [0, 0.1) is 0 Å². The molecular weight excluding hydrogens is 306 g/mol. The second-order valence-corrected chi connectivity index (χ2v) is 5.82. The number of hydrogen-bond acceptors (Lipinski definition) is 8. The standard InChI is InChI=1S/C10H19N3O5S2/c1-18-13-6(2-19-4-7(11)9(14)15)3-20-5-8(12)10(16)17/h7-8H,2-5,11-12H2,1H3,(H,14,15)(H,16,17). The number of oxime groups is 1. The number of carboxylic acid groups (broad SMARTS) is 2. The molecule has 0 fully saturated rings. The van der Waals surface area contributed by atoms with Gasteiger partial charge in [-0.3, -0.25) is 9.59 Å². The first-order valence-corrected chi connectivity index (χ1v) is 7.90. The van der Waals surface area contributed by atoms with Gasteiger partial charge in [0.05, 0.1) is 5.71 Å². The van der Waals surface area contributed by atoms with Crippen molar-refractivity contribution in [1.29, 1.82) is 0 Å². The van der Waals surface area contributed by atoms with Crippen LogP contribution in [0.3, 0.4) is 0 Å². The zero-order valence-corrected chi connectivity index (χ0v) is 12.7. The maximum Gasteiger partial charge on any atom is 0.321 e. The van der Waals surface area contributed by atoms with Crippen molar-refractivity contribution in [3.8, 4) is 0 Å². The Morgan fingerprint density at radius 1 is 1.10 bits per heavy atom. The average Bonchev–Trinajstić information content (AvgIpc) is 2.37. The zero-order chi connectivity index (χ0) is 15.5. The van der Waals surface area contributed by atoms with Crippen LogP contribution >= 0.6 is 23.5 Å². The molecule has 8 nitrogen and oxygen atoms in total. The van der Waals surface area contributed by atoms with Crippen LogP contribution in [0.4, 0.5) is 0 Å². The SMILES string of the molecule is CON=C(CSCC(N)C(=O)O)CSCC(N)C(=O)O. The Labute approximate surface area is 125 Å². The smallest absolute Gasteiger partial charge is 0.321 e. The van der Waals surface area contributed by atoms with Gasteiger partial charge >= 0.3 is 11.9 Å². The van der Waals surface area contributed by atoms with Gasteiger partial charge in [-0.15, -0.1) is 0 Å². The summed E-state index contributed by atoms with van der Waals surface area (Å²) in [5.74, 6) is -0.655. The van der Waals surface area contributed by atoms with Gasteiger partial charge in [0, 0.05) is 23.0 Å². The van der Waals surface area contributed by atoms with Crippen molar-refractivity contribution in [2.24, 2.45) is 16.6 Å². The third kappa shape index (κ3) is 9.02. The number of aliphatic carboxylic acids is 2. The number of carboxylic acids is 2. The topological polar surface area (TPSA) is 148 Å². The van der Waals surface area contributed by atoms with Crippen LogP contribution in [0.25, 0.3) is 0 Å². The molecule has 0 rings (SSSR count). The zero-order valence-electron chi connectivity index (χ0n) is 11.0.